The van der Waals surface area contributed by atoms with Crippen LogP contribution in [0.2, 0.25) is 0 Å². The molecular weight excluding hydrogens is 208 g/mol. The molecule has 0 saturated carbocycles. The predicted octanol–water partition coefficient (Wildman–Crippen LogP) is 0.0950. The molecule has 1 fully saturated rings. The average Bonchev–Trinajstić information content (AvgIpc) is 1.97. The van der Waals surface area contributed by atoms with Crippen LogP contribution in [0, 0.1) is 0 Å². The van der Waals surface area contributed by atoms with Gasteiger partial charge in [-0.1, -0.05) is 15.9 Å². The fourth-order valence-electron chi connectivity index (χ4n) is 0.660. The Morgan fingerprint density at radius 3 is 2.22 bits per heavy atom. The predicted molar refractivity (Wildman–Crippen MR) is 36.1 cm³/mol. The Kier molecular flexibility index (Phi) is 1.65. The van der Waals surface area contributed by atoms with Crippen LogP contribution in [0.1, 0.15) is 6.42 Å². The summed E-state index contributed by atoms with van der Waals surface area (Å²) in [4.78, 5) is 10.6. The lowest BCUT2D eigenvalue weighted by Gasteiger charge is -1.92. The molecule has 0 spiro atoms. The van der Waals surface area contributed by atoms with E-state index in [-0.39, 0.29) is 18.0 Å². The molecule has 0 amide bonds. The van der Waals surface area contributed by atoms with Gasteiger partial charge in [0.15, 0.2) is 19.8 Å². The first-order chi connectivity index (χ1) is 4.04. The van der Waals surface area contributed by atoms with Crippen LogP contribution in [0.15, 0.2) is 0 Å². The molecule has 1 aliphatic heterocycles. The van der Waals surface area contributed by atoms with Crippen molar-refractivity contribution in [3.8, 4) is 0 Å². The number of rotatable bonds is 0. The number of hydrogen-bond acceptors (Lipinski definition) is 3. The largest absolute Gasteiger partial charge is 0.297 e. The highest BCUT2D eigenvalue weighted by Gasteiger charge is 2.36. The Balaban J connectivity index is 3.00. The Bertz CT molecular complexity index is 230. The van der Waals surface area contributed by atoms with Gasteiger partial charge in [0.25, 0.3) is 0 Å². The molecular formula is C4H5BrO3S. The maximum Gasteiger partial charge on any atom is 0.174 e. The highest BCUT2D eigenvalue weighted by molar-refractivity contribution is 9.11. The minimum absolute atomic E-state index is 0.00174. The zero-order valence-corrected chi connectivity index (χ0v) is 6.91. The number of ketones is 1. The van der Waals surface area contributed by atoms with E-state index in [0.29, 0.717) is 0 Å². The molecule has 0 aromatic heterocycles. The maximum atomic E-state index is 10.7. The first kappa shape index (κ1) is 7.21. The Morgan fingerprint density at radius 1 is 1.56 bits per heavy atom. The van der Waals surface area contributed by atoms with Crippen molar-refractivity contribution in [2.45, 2.75) is 10.6 Å². The van der Waals surface area contributed by atoms with E-state index in [0.717, 1.165) is 0 Å². The van der Waals surface area contributed by atoms with Crippen LogP contribution in [0.25, 0.3) is 0 Å². The third kappa shape index (κ3) is 1.16. The SMILES string of the molecule is O=C1CCS(=O)(=O)[C@@H]1Br. The number of sulfone groups is 1. The lowest BCUT2D eigenvalue weighted by Crippen LogP contribution is -2.13. The molecule has 0 aliphatic carbocycles. The van der Waals surface area contributed by atoms with Crippen LogP contribution in [-0.2, 0) is 14.6 Å². The molecule has 9 heavy (non-hydrogen) atoms. The molecule has 0 N–H and O–H groups in total. The smallest absolute Gasteiger partial charge is 0.174 e. The second kappa shape index (κ2) is 2.05. The van der Waals surface area contributed by atoms with Gasteiger partial charge in [-0.25, -0.2) is 8.42 Å². The number of hydrogen-bond donors (Lipinski definition) is 0. The molecule has 1 atom stereocenters. The number of alkyl halides is 1. The summed E-state index contributed by atoms with van der Waals surface area (Å²) in [5.41, 5.74) is 0. The zero-order chi connectivity index (χ0) is 7.07. The van der Waals surface area contributed by atoms with Gasteiger partial charge >= 0.3 is 0 Å². The standard InChI is InChI=1S/C4H5BrO3S/c5-4-3(6)1-2-9(4,7)8/h4H,1-2H2/t4-/m0/s1. The van der Waals surface area contributed by atoms with E-state index in [9.17, 15) is 13.2 Å². The normalized spacial score (nSPS) is 33.0. The summed E-state index contributed by atoms with van der Waals surface area (Å²) >= 11 is 2.79. The summed E-state index contributed by atoms with van der Waals surface area (Å²) in [7, 11) is -3.11. The molecule has 0 aromatic carbocycles. The molecule has 5 heteroatoms. The number of carbonyl (C=O) groups is 1. The van der Waals surface area contributed by atoms with Crippen LogP contribution in [0.5, 0.6) is 0 Å². The molecule has 1 saturated heterocycles. The maximum absolute atomic E-state index is 10.7. The van der Waals surface area contributed by atoms with Crippen LogP contribution in [0.3, 0.4) is 0 Å². The Morgan fingerprint density at radius 2 is 2.11 bits per heavy atom. The van der Waals surface area contributed by atoms with Crippen LogP contribution in [0.4, 0.5) is 0 Å². The zero-order valence-electron chi connectivity index (χ0n) is 4.50. The van der Waals surface area contributed by atoms with Crippen molar-refractivity contribution < 1.29 is 13.2 Å². The van der Waals surface area contributed by atoms with E-state index in [4.69, 9.17) is 0 Å². The topological polar surface area (TPSA) is 51.2 Å². The number of Topliss-reactive ketones (excluding diaryl/α,β-unsaturated/α-hetero) is 1. The molecule has 52 valence electrons. The lowest BCUT2D eigenvalue weighted by atomic mass is 10.4. The molecule has 0 unspecified atom stereocenters. The average molecular weight is 213 g/mol. The van der Waals surface area contributed by atoms with Gasteiger partial charge in [-0.2, -0.15) is 0 Å². The van der Waals surface area contributed by atoms with Crippen molar-refractivity contribution in [3.63, 3.8) is 0 Å². The van der Waals surface area contributed by atoms with Gasteiger partial charge in [0.1, 0.15) is 0 Å². The summed E-state index contributed by atoms with van der Waals surface area (Å²) in [6.45, 7) is 0. The van der Waals surface area contributed by atoms with Crippen molar-refractivity contribution in [3.05, 3.63) is 0 Å². The van der Waals surface area contributed by atoms with Crippen molar-refractivity contribution in [2.75, 3.05) is 5.75 Å². The van der Waals surface area contributed by atoms with Gasteiger partial charge in [0.05, 0.1) is 5.75 Å². The first-order valence-corrected chi connectivity index (χ1v) is 5.05. The summed E-state index contributed by atoms with van der Waals surface area (Å²) in [6.07, 6.45) is 0.165. The van der Waals surface area contributed by atoms with Crippen LogP contribution < -0.4 is 0 Å². The van der Waals surface area contributed by atoms with E-state index >= 15 is 0 Å². The van der Waals surface area contributed by atoms with Gasteiger partial charge in [-0.15, -0.1) is 0 Å². The fraction of sp³-hybridized carbons (Fsp3) is 0.750. The fourth-order valence-corrected chi connectivity index (χ4v) is 2.66. The third-order valence-electron chi connectivity index (χ3n) is 1.20. The van der Waals surface area contributed by atoms with E-state index < -0.39 is 14.0 Å². The monoisotopic (exact) mass is 212 g/mol. The van der Waals surface area contributed by atoms with E-state index in [1.54, 1.807) is 0 Å². The summed E-state index contributed by atoms with van der Waals surface area (Å²) in [5.74, 6) is -0.225. The molecule has 1 rings (SSSR count). The van der Waals surface area contributed by atoms with Crippen LogP contribution >= 0.6 is 15.9 Å². The first-order valence-electron chi connectivity index (χ1n) is 2.42. The molecule has 1 aliphatic rings. The van der Waals surface area contributed by atoms with Crippen LogP contribution in [-0.4, -0.2) is 24.1 Å². The van der Waals surface area contributed by atoms with Gasteiger partial charge in [-0.05, 0) is 0 Å². The Hall–Kier alpha value is 0.1000. The van der Waals surface area contributed by atoms with Gasteiger partial charge in [-0.3, -0.25) is 4.79 Å². The minimum atomic E-state index is -3.11. The van der Waals surface area contributed by atoms with Crippen molar-refractivity contribution >= 4 is 31.6 Å². The summed E-state index contributed by atoms with van der Waals surface area (Å²) in [6, 6.07) is 0. The van der Waals surface area contributed by atoms with Crippen molar-refractivity contribution in [1.29, 1.82) is 0 Å². The van der Waals surface area contributed by atoms with E-state index in [1.807, 2.05) is 0 Å². The summed E-state index contributed by atoms with van der Waals surface area (Å²) in [5, 5.41) is 0. The second-order valence-electron chi connectivity index (χ2n) is 1.90. The third-order valence-corrected chi connectivity index (χ3v) is 5.09. The van der Waals surface area contributed by atoms with Crippen molar-refractivity contribution in [1.82, 2.24) is 0 Å². The quantitative estimate of drug-likeness (QED) is 0.536. The lowest BCUT2D eigenvalue weighted by molar-refractivity contribution is -0.116. The molecule has 1 heterocycles. The van der Waals surface area contributed by atoms with Gasteiger partial charge < -0.3 is 0 Å². The van der Waals surface area contributed by atoms with Gasteiger partial charge in [0.2, 0.25) is 0 Å². The molecule has 3 nitrogen and oxygen atoms in total. The number of carbonyl (C=O) groups excluding carboxylic acids is 1. The molecule has 0 aromatic rings. The highest BCUT2D eigenvalue weighted by atomic mass is 79.9. The second-order valence-corrected chi connectivity index (χ2v) is 5.63. The summed E-state index contributed by atoms with van der Waals surface area (Å²) < 4.78 is 20.5. The number of halogens is 1. The Labute approximate surface area is 61.5 Å². The highest BCUT2D eigenvalue weighted by Crippen LogP contribution is 2.21. The molecule has 0 bridgehead atoms. The van der Waals surface area contributed by atoms with Crippen molar-refractivity contribution in [2.24, 2.45) is 0 Å². The van der Waals surface area contributed by atoms with Gasteiger partial charge in [0, 0.05) is 6.42 Å². The minimum Gasteiger partial charge on any atom is -0.297 e. The van der Waals surface area contributed by atoms with E-state index in [1.165, 1.54) is 0 Å². The molecule has 0 radical (unpaired) electrons. The van der Waals surface area contributed by atoms with E-state index in [2.05, 4.69) is 15.9 Å².